The highest BCUT2D eigenvalue weighted by Gasteiger charge is 2.35. The first kappa shape index (κ1) is 33.8. The third-order valence-electron chi connectivity index (χ3n) is 8.04. The Morgan fingerprint density at radius 3 is 2.04 bits per heavy atom. The minimum atomic E-state index is -4.25. The Labute approximate surface area is 285 Å². The Balaban J connectivity index is 1.57. The molecule has 5 rings (SSSR count). The van der Waals surface area contributed by atoms with Crippen LogP contribution in [0.3, 0.4) is 0 Å². The minimum absolute atomic E-state index is 0.00191. The van der Waals surface area contributed by atoms with Crippen LogP contribution in [0.5, 0.6) is 0 Å². The Kier molecular flexibility index (Phi) is 11.3. The smallest absolute Gasteiger partial charge is 0.264 e. The second-order valence-electron chi connectivity index (χ2n) is 11.3. The van der Waals surface area contributed by atoms with Crippen LogP contribution < -0.4 is 9.62 Å². The fourth-order valence-corrected chi connectivity index (χ4v) is 7.44. The van der Waals surface area contributed by atoms with Gasteiger partial charge < -0.3 is 10.2 Å². The minimum Gasteiger partial charge on any atom is -0.352 e. The second kappa shape index (κ2) is 15.4. The summed E-state index contributed by atoms with van der Waals surface area (Å²) in [6, 6.07) is 27.8. The molecule has 2 amide bonds. The molecular formula is C35H34Cl3N3O4S. The fourth-order valence-electron chi connectivity index (χ4n) is 5.60. The van der Waals surface area contributed by atoms with Crippen molar-refractivity contribution < 1.29 is 18.0 Å². The normalized spacial score (nSPS) is 14.1. The molecule has 4 aromatic carbocycles. The number of benzene rings is 4. The monoisotopic (exact) mass is 697 g/mol. The molecule has 1 atom stereocenters. The standard InChI is InChI=1S/C35H34Cl3N3O4S/c36-27-17-15-26(16-18-27)23-40(33(21-25-9-3-1-4-10-25)35(43)39-28-11-7-8-12-28)34(42)24-41(29-19-20-31(37)32(38)22-29)46(44,45)30-13-5-2-6-14-30/h1-6,9-10,13-20,22,28,33H,7-8,11-12,21,23-24H2,(H,39,43)/t33-/m0/s1. The van der Waals surface area contributed by atoms with Gasteiger partial charge in [-0.25, -0.2) is 8.42 Å². The molecule has 0 aromatic heterocycles. The predicted molar refractivity (Wildman–Crippen MR) is 184 cm³/mol. The van der Waals surface area contributed by atoms with Crippen LogP contribution >= 0.6 is 34.8 Å². The van der Waals surface area contributed by atoms with E-state index >= 15 is 0 Å². The molecule has 0 heterocycles. The van der Waals surface area contributed by atoms with E-state index in [9.17, 15) is 18.0 Å². The van der Waals surface area contributed by atoms with Crippen molar-refractivity contribution in [1.29, 1.82) is 0 Å². The Morgan fingerprint density at radius 1 is 0.783 bits per heavy atom. The van der Waals surface area contributed by atoms with E-state index in [0.29, 0.717) is 5.02 Å². The lowest BCUT2D eigenvalue weighted by molar-refractivity contribution is -0.140. The van der Waals surface area contributed by atoms with Gasteiger partial charge in [-0.1, -0.05) is 108 Å². The lowest BCUT2D eigenvalue weighted by Crippen LogP contribution is -2.54. The summed E-state index contributed by atoms with van der Waals surface area (Å²) in [5, 5.41) is 4.07. The van der Waals surface area contributed by atoms with E-state index < -0.39 is 28.5 Å². The molecule has 0 unspecified atom stereocenters. The van der Waals surface area contributed by atoms with Gasteiger partial charge in [0.2, 0.25) is 11.8 Å². The van der Waals surface area contributed by atoms with Crippen molar-refractivity contribution >= 4 is 62.3 Å². The second-order valence-corrected chi connectivity index (χ2v) is 14.4. The number of amides is 2. The first-order chi connectivity index (χ1) is 22.1. The van der Waals surface area contributed by atoms with Crippen molar-refractivity contribution in [3.8, 4) is 0 Å². The zero-order valence-corrected chi connectivity index (χ0v) is 28.1. The van der Waals surface area contributed by atoms with Crippen LogP contribution in [0, 0.1) is 0 Å². The fraction of sp³-hybridized carbons (Fsp3) is 0.257. The average Bonchev–Trinajstić information content (AvgIpc) is 3.57. The quantitative estimate of drug-likeness (QED) is 0.166. The molecule has 1 aliphatic rings. The zero-order chi connectivity index (χ0) is 32.7. The topological polar surface area (TPSA) is 86.8 Å². The van der Waals surface area contributed by atoms with Gasteiger partial charge in [0.15, 0.2) is 0 Å². The van der Waals surface area contributed by atoms with Crippen molar-refractivity contribution in [1.82, 2.24) is 10.2 Å². The SMILES string of the molecule is O=C(NC1CCCC1)[C@H](Cc1ccccc1)N(Cc1ccc(Cl)cc1)C(=O)CN(c1ccc(Cl)c(Cl)c1)S(=O)(=O)c1ccccc1. The molecule has 0 radical (unpaired) electrons. The maximum Gasteiger partial charge on any atom is 0.264 e. The van der Waals surface area contributed by atoms with Gasteiger partial charge >= 0.3 is 0 Å². The van der Waals surface area contributed by atoms with Gasteiger partial charge in [0.05, 0.1) is 20.6 Å². The van der Waals surface area contributed by atoms with Crippen LogP contribution in [0.4, 0.5) is 5.69 Å². The molecule has 240 valence electrons. The number of hydrogen-bond donors (Lipinski definition) is 1. The molecule has 1 fully saturated rings. The van der Waals surface area contributed by atoms with Crippen LogP contribution in [0.25, 0.3) is 0 Å². The molecule has 0 spiro atoms. The van der Waals surface area contributed by atoms with Gasteiger partial charge in [-0.15, -0.1) is 0 Å². The number of hydrogen-bond acceptors (Lipinski definition) is 4. The Hall–Kier alpha value is -3.56. The van der Waals surface area contributed by atoms with Gasteiger partial charge in [0, 0.05) is 24.0 Å². The van der Waals surface area contributed by atoms with Crippen molar-refractivity contribution in [2.24, 2.45) is 0 Å². The van der Waals surface area contributed by atoms with Crippen molar-refractivity contribution in [3.05, 3.63) is 129 Å². The third-order valence-corrected chi connectivity index (χ3v) is 10.8. The summed E-state index contributed by atoms with van der Waals surface area (Å²) in [5.74, 6) is -0.854. The molecule has 0 saturated heterocycles. The number of nitrogens with one attached hydrogen (secondary N) is 1. The van der Waals surface area contributed by atoms with E-state index in [1.807, 2.05) is 30.3 Å². The summed E-state index contributed by atoms with van der Waals surface area (Å²) < 4.78 is 29.2. The van der Waals surface area contributed by atoms with E-state index in [0.717, 1.165) is 41.1 Å². The van der Waals surface area contributed by atoms with Crippen molar-refractivity contribution in [3.63, 3.8) is 0 Å². The molecular weight excluding hydrogens is 665 g/mol. The number of rotatable bonds is 12. The summed E-state index contributed by atoms with van der Waals surface area (Å²) in [6.07, 6.45) is 4.02. The van der Waals surface area contributed by atoms with Crippen molar-refractivity contribution in [2.45, 2.75) is 55.6 Å². The van der Waals surface area contributed by atoms with Crippen LogP contribution in [0.2, 0.25) is 15.1 Å². The summed E-state index contributed by atoms with van der Waals surface area (Å²) in [6.45, 7) is -0.545. The average molecular weight is 699 g/mol. The number of halogens is 3. The molecule has 1 N–H and O–H groups in total. The van der Waals surface area contributed by atoms with Crippen LogP contribution in [0.1, 0.15) is 36.8 Å². The van der Waals surface area contributed by atoms with Crippen LogP contribution in [0.15, 0.2) is 108 Å². The maximum atomic E-state index is 14.6. The molecule has 0 aliphatic heterocycles. The Bertz CT molecular complexity index is 1750. The first-order valence-corrected chi connectivity index (χ1v) is 17.6. The summed E-state index contributed by atoms with van der Waals surface area (Å²) >= 11 is 18.6. The summed E-state index contributed by atoms with van der Waals surface area (Å²) in [7, 11) is -4.25. The van der Waals surface area contributed by atoms with Crippen molar-refractivity contribution in [2.75, 3.05) is 10.8 Å². The van der Waals surface area contributed by atoms with E-state index in [1.165, 1.54) is 35.2 Å². The van der Waals surface area contributed by atoms with Gasteiger partial charge in [0.25, 0.3) is 10.0 Å². The lowest BCUT2D eigenvalue weighted by atomic mass is 10.0. The van der Waals surface area contributed by atoms with E-state index in [1.54, 1.807) is 42.5 Å². The van der Waals surface area contributed by atoms with E-state index in [4.69, 9.17) is 34.8 Å². The highest BCUT2D eigenvalue weighted by atomic mass is 35.5. The number of nitrogens with zero attached hydrogens (tertiary/aromatic N) is 2. The summed E-state index contributed by atoms with van der Waals surface area (Å²) in [4.78, 5) is 30.1. The zero-order valence-electron chi connectivity index (χ0n) is 25.0. The van der Waals surface area contributed by atoms with E-state index in [2.05, 4.69) is 5.32 Å². The highest BCUT2D eigenvalue weighted by molar-refractivity contribution is 7.92. The van der Waals surface area contributed by atoms with Crippen LogP contribution in [-0.4, -0.2) is 43.8 Å². The molecule has 11 heteroatoms. The molecule has 1 saturated carbocycles. The van der Waals surface area contributed by atoms with Gasteiger partial charge in [-0.3, -0.25) is 13.9 Å². The Morgan fingerprint density at radius 2 is 1.41 bits per heavy atom. The number of sulfonamides is 1. The number of carbonyl (C=O) groups excluding carboxylic acids is 2. The summed E-state index contributed by atoms with van der Waals surface area (Å²) in [5.41, 5.74) is 1.76. The largest absolute Gasteiger partial charge is 0.352 e. The molecule has 0 bridgehead atoms. The highest BCUT2D eigenvalue weighted by Crippen LogP contribution is 2.31. The first-order valence-electron chi connectivity index (χ1n) is 15.0. The molecule has 7 nitrogen and oxygen atoms in total. The maximum absolute atomic E-state index is 14.6. The van der Waals surface area contributed by atoms with Crippen LogP contribution in [-0.2, 0) is 32.6 Å². The van der Waals surface area contributed by atoms with Gasteiger partial charge in [0.1, 0.15) is 12.6 Å². The number of anilines is 1. The molecule has 4 aromatic rings. The van der Waals surface area contributed by atoms with E-state index in [-0.39, 0.29) is 45.5 Å². The number of carbonyl (C=O) groups is 2. The lowest BCUT2D eigenvalue weighted by Gasteiger charge is -2.34. The molecule has 46 heavy (non-hydrogen) atoms. The molecule has 1 aliphatic carbocycles. The van der Waals surface area contributed by atoms with Gasteiger partial charge in [-0.2, -0.15) is 0 Å². The third kappa shape index (κ3) is 8.42. The predicted octanol–water partition coefficient (Wildman–Crippen LogP) is 7.54. The van der Waals surface area contributed by atoms with Gasteiger partial charge in [-0.05, 0) is 66.4 Å².